The molecule has 0 bridgehead atoms. The van der Waals surface area contributed by atoms with Gasteiger partial charge in [0.2, 0.25) is 35.4 Å². The van der Waals surface area contributed by atoms with Crippen molar-refractivity contribution in [3.63, 3.8) is 0 Å². The first kappa shape index (κ1) is 82.8. The third-order valence-corrected chi connectivity index (χ3v) is 15.9. The molecular formula is C55H103N8O27PS. The lowest BCUT2D eigenvalue weighted by Crippen LogP contribution is -2.64. The van der Waals surface area contributed by atoms with Crippen molar-refractivity contribution in [2.45, 2.75) is 171 Å². The van der Waals surface area contributed by atoms with Gasteiger partial charge in [-0.2, -0.15) is 0 Å². The van der Waals surface area contributed by atoms with Crippen molar-refractivity contribution in [1.29, 1.82) is 0 Å². The standard InChI is InChI=1S/C55H103N8O27PS/c1-34(67)59-43-49(76)46(73)37(31-64)87-52(43)83-25-22-80-19-12-56-40(70)28-62(15-9-7-8-10-18-86-91(79,92)90-55(4,5)6)16-11-17-63(29-41(71)57-13-20-81-23-26-84-53-44(60-35(2)68)50(77)47(74)38(32-65)88-53)30-42(72)58-14-21-82-24-27-85-54-45(61-36(3)69)51(78)48(75)39(33-66)89-54/h37-39,43-54,64-66,73-78H,7-33H2,1-6H3,(H,56,70)(H,57,71)(H,58,72)(H,59,67)(H,60,68)(H,61,69)(H,79,92). The number of carbonyl (C=O) groups is 6. The lowest BCUT2D eigenvalue weighted by Gasteiger charge is -2.42. The Morgan fingerprint density at radius 2 is 0.783 bits per heavy atom. The smallest absolute Gasteiger partial charge is 0.325 e. The molecule has 0 aromatic rings. The van der Waals surface area contributed by atoms with Crippen LogP contribution in [0.4, 0.5) is 0 Å². The van der Waals surface area contributed by atoms with Crippen LogP contribution in [-0.4, -0.2) is 338 Å². The molecule has 536 valence electrons. The second kappa shape index (κ2) is 44.4. The Bertz CT molecular complexity index is 2130. The molecule has 3 rings (SSSR count). The maximum Gasteiger partial charge on any atom is 0.325 e. The van der Waals surface area contributed by atoms with Gasteiger partial charge in [-0.1, -0.05) is 12.8 Å². The average molecular weight is 1370 g/mol. The van der Waals surface area contributed by atoms with E-state index in [4.69, 9.17) is 63.5 Å². The molecule has 6 amide bonds. The van der Waals surface area contributed by atoms with Gasteiger partial charge in [-0.3, -0.25) is 38.6 Å². The third kappa shape index (κ3) is 32.5. The van der Waals surface area contributed by atoms with E-state index in [1.807, 2.05) is 4.90 Å². The molecular weight excluding hydrogens is 1270 g/mol. The van der Waals surface area contributed by atoms with E-state index in [0.29, 0.717) is 38.8 Å². The van der Waals surface area contributed by atoms with Gasteiger partial charge in [0.05, 0.1) is 111 Å². The van der Waals surface area contributed by atoms with E-state index in [-0.39, 0.29) is 118 Å². The highest BCUT2D eigenvalue weighted by atomic mass is 32.5. The molecule has 0 radical (unpaired) electrons. The quantitative estimate of drug-likeness (QED) is 0.0199. The normalized spacial score (nSPS) is 27.5. The molecule has 92 heavy (non-hydrogen) atoms. The van der Waals surface area contributed by atoms with Crippen LogP contribution in [0.3, 0.4) is 0 Å². The minimum Gasteiger partial charge on any atom is -0.394 e. The first-order valence-electron chi connectivity index (χ1n) is 30.8. The maximum absolute atomic E-state index is 13.4. The Morgan fingerprint density at radius 3 is 1.12 bits per heavy atom. The van der Waals surface area contributed by atoms with Crippen molar-refractivity contribution >= 4 is 54.0 Å². The number of unbranched alkanes of at least 4 members (excludes halogenated alkanes) is 3. The number of ether oxygens (including phenoxy) is 9. The fraction of sp³-hybridized carbons (Fsp3) is 0.891. The first-order chi connectivity index (χ1) is 43.6. The van der Waals surface area contributed by atoms with Crippen molar-refractivity contribution in [1.82, 2.24) is 41.7 Å². The van der Waals surface area contributed by atoms with E-state index in [2.05, 4.69) is 31.9 Å². The molecule has 37 heteroatoms. The van der Waals surface area contributed by atoms with Crippen LogP contribution in [0.15, 0.2) is 0 Å². The molecule has 0 saturated carbocycles. The predicted molar refractivity (Wildman–Crippen MR) is 325 cm³/mol. The molecule has 0 aliphatic carbocycles. The van der Waals surface area contributed by atoms with Gasteiger partial charge >= 0.3 is 6.72 Å². The zero-order valence-corrected chi connectivity index (χ0v) is 55.1. The first-order valence-corrected chi connectivity index (χ1v) is 33.4. The van der Waals surface area contributed by atoms with Crippen LogP contribution in [0.1, 0.15) is 73.6 Å². The number of amides is 6. The summed E-state index contributed by atoms with van der Waals surface area (Å²) >= 11 is 5.14. The van der Waals surface area contributed by atoms with Crippen molar-refractivity contribution in [2.24, 2.45) is 0 Å². The summed E-state index contributed by atoms with van der Waals surface area (Å²) in [6.07, 6.45) is -13.0. The largest absolute Gasteiger partial charge is 0.394 e. The molecule has 16 N–H and O–H groups in total. The number of nitrogens with one attached hydrogen (secondary N) is 6. The molecule has 16 atom stereocenters. The summed E-state index contributed by atoms with van der Waals surface area (Å²) < 4.78 is 61.5. The molecule has 3 saturated heterocycles. The van der Waals surface area contributed by atoms with Gasteiger partial charge in [-0.25, -0.2) is 0 Å². The van der Waals surface area contributed by atoms with Crippen LogP contribution in [0.2, 0.25) is 0 Å². The highest BCUT2D eigenvalue weighted by Crippen LogP contribution is 2.47. The van der Waals surface area contributed by atoms with Gasteiger partial charge < -0.3 is 134 Å². The average Bonchev–Trinajstić information content (AvgIpc) is 0.861. The zero-order valence-electron chi connectivity index (χ0n) is 53.4. The number of hydrogen-bond acceptors (Lipinski definition) is 29. The van der Waals surface area contributed by atoms with Gasteiger partial charge in [-0.15, -0.1) is 0 Å². The van der Waals surface area contributed by atoms with Crippen molar-refractivity contribution in [3.05, 3.63) is 0 Å². The van der Waals surface area contributed by atoms with E-state index >= 15 is 0 Å². The zero-order chi connectivity index (χ0) is 68.4. The fourth-order valence-corrected chi connectivity index (χ4v) is 11.7. The fourth-order valence-electron chi connectivity index (χ4n) is 9.72. The highest BCUT2D eigenvalue weighted by Gasteiger charge is 2.48. The second-order valence-electron chi connectivity index (χ2n) is 23.1. The summed E-state index contributed by atoms with van der Waals surface area (Å²) in [6.45, 7) is 4.41. The maximum atomic E-state index is 13.4. The number of rotatable bonds is 46. The minimum absolute atomic E-state index is 0.0142. The molecule has 3 aliphatic heterocycles. The SMILES string of the molecule is CC(=O)NC1C(OCCOCCNC(=O)CN(CCCCCCOP(O)(=S)OC(C)(C)C)CCCN(CC(=O)NCCOCCOC2OC(CO)C(O)C(O)C2NC(C)=O)CC(=O)NCCOCCOC2OC(CO)C(O)C(O)C2NC(C)=O)OC(CO)C(O)C1O. The topological polar surface area (TPSA) is 485 Å². The Morgan fingerprint density at radius 1 is 0.457 bits per heavy atom. The van der Waals surface area contributed by atoms with Crippen molar-refractivity contribution < 1.29 is 131 Å². The minimum atomic E-state index is -3.44. The summed E-state index contributed by atoms with van der Waals surface area (Å²) in [5, 5.41) is 107. The van der Waals surface area contributed by atoms with Gasteiger partial charge in [0, 0.05) is 47.0 Å². The van der Waals surface area contributed by atoms with E-state index in [1.165, 1.54) is 20.8 Å². The molecule has 3 aliphatic rings. The molecule has 35 nitrogen and oxygen atoms in total. The van der Waals surface area contributed by atoms with Crippen molar-refractivity contribution in [2.75, 3.05) is 145 Å². The Hall–Kier alpha value is -3.45. The van der Waals surface area contributed by atoms with E-state index < -0.39 is 154 Å². The van der Waals surface area contributed by atoms with E-state index in [0.717, 1.165) is 6.42 Å². The number of carbonyl (C=O) groups excluding carboxylic acids is 6. The van der Waals surface area contributed by atoms with Gasteiger partial charge in [0.1, 0.15) is 73.1 Å². The van der Waals surface area contributed by atoms with Gasteiger partial charge in [0.15, 0.2) is 18.9 Å². The molecule has 3 fully saturated rings. The summed E-state index contributed by atoms with van der Waals surface area (Å²) in [6, 6.07) is -3.41. The Labute approximate surface area is 541 Å². The summed E-state index contributed by atoms with van der Waals surface area (Å²) in [4.78, 5) is 89.5. The second-order valence-corrected chi connectivity index (χ2v) is 25.8. The lowest BCUT2D eigenvalue weighted by molar-refractivity contribution is -0.272. The Balaban J connectivity index is 1.60. The summed E-state index contributed by atoms with van der Waals surface area (Å²) in [5.74, 6) is -2.77. The molecule has 16 unspecified atom stereocenters. The number of aliphatic hydroxyl groups excluding tert-OH is 9. The van der Waals surface area contributed by atoms with Crippen molar-refractivity contribution in [3.8, 4) is 0 Å². The molecule has 3 heterocycles. The molecule has 0 aromatic heterocycles. The molecule has 0 spiro atoms. The van der Waals surface area contributed by atoms with Crippen LogP contribution < -0.4 is 31.9 Å². The third-order valence-electron chi connectivity index (χ3n) is 14.1. The predicted octanol–water partition coefficient (Wildman–Crippen LogP) is -7.13. The lowest BCUT2D eigenvalue weighted by atomic mass is 9.97. The summed E-state index contributed by atoms with van der Waals surface area (Å²) in [5.41, 5.74) is -0.693. The van der Waals surface area contributed by atoms with Crippen LogP contribution in [0.25, 0.3) is 0 Å². The van der Waals surface area contributed by atoms with Gasteiger partial charge in [0.25, 0.3) is 0 Å². The van der Waals surface area contributed by atoms with Crippen LogP contribution in [-0.2, 0) is 92.3 Å². The summed E-state index contributed by atoms with van der Waals surface area (Å²) in [7, 11) is 0. The number of hydrogen-bond donors (Lipinski definition) is 16. The highest BCUT2D eigenvalue weighted by molar-refractivity contribution is 8.07. The van der Waals surface area contributed by atoms with Gasteiger partial charge in [-0.05, 0) is 64.9 Å². The van der Waals surface area contributed by atoms with Crippen LogP contribution in [0.5, 0.6) is 0 Å². The molecule has 0 aromatic carbocycles. The monoisotopic (exact) mass is 1370 g/mol. The van der Waals surface area contributed by atoms with E-state index in [1.54, 1.807) is 25.7 Å². The number of aliphatic hydroxyl groups is 9. The number of nitrogens with zero attached hydrogens (tertiary/aromatic N) is 2. The Kier molecular flexibility index (Phi) is 39.9. The van der Waals surface area contributed by atoms with Crippen LogP contribution >= 0.6 is 6.72 Å². The van der Waals surface area contributed by atoms with Crippen LogP contribution in [0, 0.1) is 0 Å². The van der Waals surface area contributed by atoms with E-state index in [9.17, 15) is 79.6 Å².